The van der Waals surface area contributed by atoms with Crippen molar-refractivity contribution in [3.05, 3.63) is 77.6 Å². The van der Waals surface area contributed by atoms with Crippen molar-refractivity contribution in [2.24, 2.45) is 0 Å². The highest BCUT2D eigenvalue weighted by atomic mass is 19.1. The van der Waals surface area contributed by atoms with Gasteiger partial charge in [-0.1, -0.05) is 42.5 Å². The molecule has 0 saturated carbocycles. The summed E-state index contributed by atoms with van der Waals surface area (Å²) in [5.74, 6) is -0.138. The van der Waals surface area contributed by atoms with Crippen molar-refractivity contribution in [1.82, 2.24) is 10.2 Å². The van der Waals surface area contributed by atoms with Crippen LogP contribution in [-0.2, 0) is 23.3 Å². The number of allylic oxidation sites excluding steroid dienone is 1. The average Bonchev–Trinajstić information content (AvgIpc) is 2.67. The number of benzene rings is 2. The molecule has 0 unspecified atom stereocenters. The number of halogens is 1. The highest BCUT2D eigenvalue weighted by Crippen LogP contribution is 2.35. The molecule has 1 aliphatic rings. The molecule has 2 aromatic carbocycles. The van der Waals surface area contributed by atoms with Crippen molar-refractivity contribution in [3.8, 4) is 5.75 Å². The zero-order chi connectivity index (χ0) is 20.1. The van der Waals surface area contributed by atoms with Gasteiger partial charge in [-0.15, -0.1) is 6.58 Å². The molecule has 0 spiro atoms. The van der Waals surface area contributed by atoms with Gasteiger partial charge in [0, 0.05) is 37.7 Å². The minimum Gasteiger partial charge on any atom is -0.507 e. The Labute approximate surface area is 165 Å². The minimum atomic E-state index is -0.694. The van der Waals surface area contributed by atoms with Gasteiger partial charge in [0.15, 0.2) is 0 Å². The molecule has 0 aliphatic carbocycles. The Balaban J connectivity index is 1.76. The Morgan fingerprint density at radius 3 is 2.54 bits per heavy atom. The van der Waals surface area contributed by atoms with E-state index < -0.39 is 5.54 Å². The molecule has 0 bridgehead atoms. The van der Waals surface area contributed by atoms with E-state index in [1.54, 1.807) is 24.3 Å². The second-order valence-electron chi connectivity index (χ2n) is 7.44. The molecule has 0 radical (unpaired) electrons. The first kappa shape index (κ1) is 20.1. The van der Waals surface area contributed by atoms with Gasteiger partial charge in [-0.3, -0.25) is 9.69 Å². The third-order valence-electron chi connectivity index (χ3n) is 5.48. The number of hydrogen-bond acceptors (Lipinski definition) is 3. The van der Waals surface area contributed by atoms with E-state index in [1.807, 2.05) is 18.2 Å². The van der Waals surface area contributed by atoms with Crippen LogP contribution in [-0.4, -0.2) is 29.0 Å². The quantitative estimate of drug-likeness (QED) is 0.746. The smallest absolute Gasteiger partial charge is 0.217 e. The van der Waals surface area contributed by atoms with Gasteiger partial charge in [-0.25, -0.2) is 4.39 Å². The number of piperidine rings is 1. The van der Waals surface area contributed by atoms with Crippen LogP contribution in [0.5, 0.6) is 5.75 Å². The number of hydrogen-bond donors (Lipinski definition) is 2. The number of para-hydroxylation sites is 1. The first-order valence-corrected chi connectivity index (χ1v) is 9.62. The molecule has 3 rings (SSSR count). The third-order valence-corrected chi connectivity index (χ3v) is 5.48. The van der Waals surface area contributed by atoms with Crippen LogP contribution < -0.4 is 5.32 Å². The van der Waals surface area contributed by atoms with E-state index in [4.69, 9.17) is 0 Å². The highest BCUT2D eigenvalue weighted by Gasteiger charge is 2.38. The van der Waals surface area contributed by atoms with Crippen LogP contribution in [0, 0.1) is 5.82 Å². The fourth-order valence-electron chi connectivity index (χ4n) is 4.07. The Kier molecular flexibility index (Phi) is 6.15. The van der Waals surface area contributed by atoms with Gasteiger partial charge in [0.25, 0.3) is 0 Å². The number of nitrogens with zero attached hydrogens (tertiary/aromatic N) is 1. The van der Waals surface area contributed by atoms with E-state index in [0.29, 0.717) is 50.2 Å². The van der Waals surface area contributed by atoms with Crippen LogP contribution in [0.1, 0.15) is 36.5 Å². The first-order valence-electron chi connectivity index (χ1n) is 9.62. The number of carbonyl (C=O) groups is 1. The number of carbonyl (C=O) groups excluding carboxylic acids is 1. The SMILES string of the molecule is C=CCc1cccc(CN2CCC(NC(C)=O)(c3ccccc3F)CC2)c1O. The van der Waals surface area contributed by atoms with E-state index in [9.17, 15) is 14.3 Å². The molecule has 1 aliphatic heterocycles. The summed E-state index contributed by atoms with van der Waals surface area (Å²) in [4.78, 5) is 14.1. The molecule has 0 atom stereocenters. The monoisotopic (exact) mass is 382 g/mol. The Bertz CT molecular complexity index is 857. The van der Waals surface area contributed by atoms with Crippen molar-refractivity contribution in [3.63, 3.8) is 0 Å². The Hall–Kier alpha value is -2.66. The number of nitrogens with one attached hydrogen (secondary N) is 1. The lowest BCUT2D eigenvalue weighted by Gasteiger charge is -2.42. The lowest BCUT2D eigenvalue weighted by Crippen LogP contribution is -2.52. The molecule has 4 nitrogen and oxygen atoms in total. The molecule has 1 saturated heterocycles. The van der Waals surface area contributed by atoms with Crippen molar-refractivity contribution >= 4 is 5.91 Å². The lowest BCUT2D eigenvalue weighted by atomic mass is 9.80. The zero-order valence-electron chi connectivity index (χ0n) is 16.2. The van der Waals surface area contributed by atoms with Gasteiger partial charge in [0.2, 0.25) is 5.91 Å². The van der Waals surface area contributed by atoms with E-state index >= 15 is 0 Å². The van der Waals surface area contributed by atoms with E-state index in [2.05, 4.69) is 16.8 Å². The molecule has 1 fully saturated rings. The normalized spacial score (nSPS) is 16.5. The van der Waals surface area contributed by atoms with Gasteiger partial charge in [0.1, 0.15) is 11.6 Å². The topological polar surface area (TPSA) is 52.6 Å². The molecular weight excluding hydrogens is 355 g/mol. The summed E-state index contributed by atoms with van der Waals surface area (Å²) in [7, 11) is 0. The third kappa shape index (κ3) is 4.25. The summed E-state index contributed by atoms with van der Waals surface area (Å²) < 4.78 is 14.5. The van der Waals surface area contributed by atoms with Gasteiger partial charge in [-0.2, -0.15) is 0 Å². The van der Waals surface area contributed by atoms with Crippen LogP contribution >= 0.6 is 0 Å². The first-order chi connectivity index (χ1) is 13.4. The number of rotatable bonds is 6. The summed E-state index contributed by atoms with van der Waals surface area (Å²) >= 11 is 0. The van der Waals surface area contributed by atoms with Crippen molar-refractivity contribution in [2.45, 2.75) is 38.3 Å². The zero-order valence-corrected chi connectivity index (χ0v) is 16.2. The van der Waals surface area contributed by atoms with Gasteiger partial charge in [0.05, 0.1) is 5.54 Å². The molecule has 148 valence electrons. The van der Waals surface area contributed by atoms with Crippen LogP contribution in [0.4, 0.5) is 4.39 Å². The standard InChI is InChI=1S/C23H27FN2O2/c1-3-7-18-8-6-9-19(22(18)28)16-26-14-12-23(13-15-26,25-17(2)27)20-10-4-5-11-21(20)24/h3-6,8-11,28H,1,7,12-16H2,2H3,(H,25,27). The predicted octanol–water partition coefficient (Wildman–Crippen LogP) is 3.89. The van der Waals surface area contributed by atoms with Gasteiger partial charge >= 0.3 is 0 Å². The van der Waals surface area contributed by atoms with E-state index in [0.717, 1.165) is 11.1 Å². The maximum absolute atomic E-state index is 14.5. The van der Waals surface area contributed by atoms with Crippen LogP contribution in [0.25, 0.3) is 0 Å². The molecule has 5 heteroatoms. The largest absolute Gasteiger partial charge is 0.507 e. The number of phenols is 1. The van der Waals surface area contributed by atoms with Gasteiger partial charge < -0.3 is 10.4 Å². The fourth-order valence-corrected chi connectivity index (χ4v) is 4.07. The minimum absolute atomic E-state index is 0.161. The summed E-state index contributed by atoms with van der Waals surface area (Å²) in [5, 5.41) is 13.5. The second kappa shape index (κ2) is 8.57. The maximum atomic E-state index is 14.5. The Morgan fingerprint density at radius 2 is 1.89 bits per heavy atom. The molecule has 2 aromatic rings. The summed E-state index contributed by atoms with van der Waals surface area (Å²) in [6.07, 6.45) is 3.62. The number of aromatic hydroxyl groups is 1. The van der Waals surface area contributed by atoms with Crippen LogP contribution in [0.2, 0.25) is 0 Å². The molecule has 1 amide bonds. The molecule has 0 aromatic heterocycles. The lowest BCUT2D eigenvalue weighted by molar-refractivity contribution is -0.121. The highest BCUT2D eigenvalue weighted by molar-refractivity contribution is 5.74. The summed E-state index contributed by atoms with van der Waals surface area (Å²) in [6.45, 7) is 7.21. The summed E-state index contributed by atoms with van der Waals surface area (Å²) in [6, 6.07) is 12.4. The van der Waals surface area contributed by atoms with Crippen LogP contribution in [0.3, 0.4) is 0 Å². The molecular formula is C23H27FN2O2. The second-order valence-corrected chi connectivity index (χ2v) is 7.44. The fraction of sp³-hybridized carbons (Fsp3) is 0.348. The van der Waals surface area contributed by atoms with Crippen molar-refractivity contribution in [2.75, 3.05) is 13.1 Å². The molecule has 28 heavy (non-hydrogen) atoms. The Morgan fingerprint density at radius 1 is 1.21 bits per heavy atom. The number of likely N-dealkylation sites (tertiary alicyclic amines) is 1. The predicted molar refractivity (Wildman–Crippen MR) is 108 cm³/mol. The molecule has 1 heterocycles. The van der Waals surface area contributed by atoms with E-state index in [-0.39, 0.29) is 11.7 Å². The van der Waals surface area contributed by atoms with Crippen LogP contribution in [0.15, 0.2) is 55.1 Å². The molecule has 2 N–H and O–H groups in total. The summed E-state index contributed by atoms with van der Waals surface area (Å²) in [5.41, 5.74) is 1.59. The van der Waals surface area contributed by atoms with E-state index in [1.165, 1.54) is 13.0 Å². The van der Waals surface area contributed by atoms with Crippen molar-refractivity contribution < 1.29 is 14.3 Å². The average molecular weight is 382 g/mol. The van der Waals surface area contributed by atoms with Crippen molar-refractivity contribution in [1.29, 1.82) is 0 Å². The number of amides is 1. The maximum Gasteiger partial charge on any atom is 0.217 e. The number of phenolic OH excluding ortho intramolecular Hbond substituents is 1. The van der Waals surface area contributed by atoms with Gasteiger partial charge in [-0.05, 0) is 30.9 Å².